The second-order valence-corrected chi connectivity index (χ2v) is 6.45. The molecule has 0 saturated heterocycles. The minimum Gasteiger partial charge on any atom is -0.481 e. The first-order valence-electron chi connectivity index (χ1n) is 6.21. The van der Waals surface area contributed by atoms with Crippen LogP contribution in [0.15, 0.2) is 0 Å². The van der Waals surface area contributed by atoms with Crippen LogP contribution in [0.25, 0.3) is 0 Å². The largest absolute Gasteiger partial charge is 0.481 e. The van der Waals surface area contributed by atoms with Crippen molar-refractivity contribution in [1.82, 2.24) is 0 Å². The van der Waals surface area contributed by atoms with Crippen molar-refractivity contribution in [3.63, 3.8) is 0 Å². The third-order valence-electron chi connectivity index (χ3n) is 6.01. The van der Waals surface area contributed by atoms with Crippen LogP contribution < -0.4 is 0 Å². The molecule has 2 atom stereocenters. The van der Waals surface area contributed by atoms with Crippen LogP contribution in [0.3, 0.4) is 0 Å². The molecule has 0 aromatic carbocycles. The van der Waals surface area contributed by atoms with Crippen molar-refractivity contribution < 1.29 is 9.90 Å². The van der Waals surface area contributed by atoms with E-state index in [0.29, 0.717) is 5.41 Å². The molecule has 3 rings (SSSR count). The first kappa shape index (κ1) is 9.68. The number of hydrogen-bond acceptors (Lipinski definition) is 1. The van der Waals surface area contributed by atoms with E-state index in [0.717, 1.165) is 6.42 Å². The van der Waals surface area contributed by atoms with Crippen LogP contribution in [0.5, 0.6) is 0 Å². The molecule has 3 aliphatic carbocycles. The predicted octanol–water partition coefficient (Wildman–Crippen LogP) is 3.07. The molecule has 2 unspecified atom stereocenters. The van der Waals surface area contributed by atoms with E-state index in [4.69, 9.17) is 0 Å². The van der Waals surface area contributed by atoms with Crippen LogP contribution in [0.4, 0.5) is 0 Å². The van der Waals surface area contributed by atoms with Gasteiger partial charge in [0.15, 0.2) is 0 Å². The molecule has 2 nitrogen and oxygen atoms in total. The van der Waals surface area contributed by atoms with Gasteiger partial charge in [0.2, 0.25) is 0 Å². The van der Waals surface area contributed by atoms with Crippen LogP contribution in [-0.2, 0) is 4.79 Å². The van der Waals surface area contributed by atoms with Gasteiger partial charge in [0.05, 0.1) is 5.92 Å². The second kappa shape index (κ2) is 2.41. The summed E-state index contributed by atoms with van der Waals surface area (Å²) < 4.78 is 0. The molecule has 84 valence electrons. The lowest BCUT2D eigenvalue weighted by atomic mass is 9.58. The Morgan fingerprint density at radius 2 is 1.67 bits per heavy atom. The zero-order valence-electron chi connectivity index (χ0n) is 9.68. The Morgan fingerprint density at radius 3 is 2.07 bits per heavy atom. The van der Waals surface area contributed by atoms with Crippen LogP contribution in [0.1, 0.15) is 52.4 Å². The fourth-order valence-electron chi connectivity index (χ4n) is 5.32. The Kier molecular flexibility index (Phi) is 1.56. The van der Waals surface area contributed by atoms with Gasteiger partial charge >= 0.3 is 5.97 Å². The lowest BCUT2D eigenvalue weighted by Crippen LogP contribution is -2.38. The molecule has 0 aromatic heterocycles. The maximum Gasteiger partial charge on any atom is 0.307 e. The normalized spacial score (nSPS) is 44.3. The summed E-state index contributed by atoms with van der Waals surface area (Å²) in [6, 6.07) is 0. The molecule has 0 bridgehead atoms. The Morgan fingerprint density at radius 1 is 1.13 bits per heavy atom. The van der Waals surface area contributed by atoms with Crippen molar-refractivity contribution in [2.24, 2.45) is 22.2 Å². The van der Waals surface area contributed by atoms with Gasteiger partial charge < -0.3 is 5.11 Å². The van der Waals surface area contributed by atoms with E-state index >= 15 is 0 Å². The zero-order chi connectivity index (χ0) is 10.9. The summed E-state index contributed by atoms with van der Waals surface area (Å²) in [4.78, 5) is 11.4. The van der Waals surface area contributed by atoms with Gasteiger partial charge in [-0.2, -0.15) is 0 Å². The van der Waals surface area contributed by atoms with Crippen LogP contribution in [0.2, 0.25) is 0 Å². The first-order chi connectivity index (χ1) is 6.98. The number of carboxylic acid groups (broad SMARTS) is 1. The Bertz CT molecular complexity index is 327. The van der Waals surface area contributed by atoms with Crippen molar-refractivity contribution >= 4 is 5.97 Å². The van der Waals surface area contributed by atoms with Gasteiger partial charge in [-0.1, -0.05) is 26.7 Å². The molecule has 0 heterocycles. The van der Waals surface area contributed by atoms with Gasteiger partial charge in [0, 0.05) is 0 Å². The van der Waals surface area contributed by atoms with Gasteiger partial charge in [0.1, 0.15) is 0 Å². The standard InChI is InChI=1S/C13H20O2/c1-11(2)9(10(14)15)13(11)8-4-7-12(13)5-3-6-12/h9H,3-8H2,1-2H3,(H,14,15). The summed E-state index contributed by atoms with van der Waals surface area (Å²) in [7, 11) is 0. The van der Waals surface area contributed by atoms with Gasteiger partial charge in [-0.15, -0.1) is 0 Å². The molecule has 1 N–H and O–H groups in total. The first-order valence-corrected chi connectivity index (χ1v) is 6.21. The van der Waals surface area contributed by atoms with Crippen LogP contribution >= 0.6 is 0 Å². The van der Waals surface area contributed by atoms with Crippen LogP contribution in [0, 0.1) is 22.2 Å². The minimum absolute atomic E-state index is 0.0513. The van der Waals surface area contributed by atoms with E-state index in [9.17, 15) is 9.90 Å². The van der Waals surface area contributed by atoms with Crippen molar-refractivity contribution in [2.45, 2.75) is 52.4 Å². The summed E-state index contributed by atoms with van der Waals surface area (Å²) in [5, 5.41) is 9.37. The molecule has 15 heavy (non-hydrogen) atoms. The molecule has 3 fully saturated rings. The fourth-order valence-corrected chi connectivity index (χ4v) is 5.32. The number of carbonyl (C=O) groups is 1. The van der Waals surface area contributed by atoms with E-state index in [2.05, 4.69) is 13.8 Å². The SMILES string of the molecule is CC1(C)C(C(=O)O)C12CCCC21CCC1. The molecule has 0 aromatic rings. The van der Waals surface area contributed by atoms with Crippen LogP contribution in [-0.4, -0.2) is 11.1 Å². The number of carboxylic acids is 1. The number of fused-ring (bicyclic) bond motifs is 1. The highest BCUT2D eigenvalue weighted by Gasteiger charge is 2.82. The Labute approximate surface area is 91.1 Å². The van der Waals surface area contributed by atoms with E-state index in [-0.39, 0.29) is 16.7 Å². The zero-order valence-corrected chi connectivity index (χ0v) is 9.68. The Balaban J connectivity index is 2.01. The molecule has 3 saturated carbocycles. The summed E-state index contributed by atoms with van der Waals surface area (Å²) in [5.41, 5.74) is 0.652. The van der Waals surface area contributed by atoms with Gasteiger partial charge in [-0.25, -0.2) is 0 Å². The highest BCUT2D eigenvalue weighted by Crippen LogP contribution is 2.85. The fraction of sp³-hybridized carbons (Fsp3) is 0.923. The lowest BCUT2D eigenvalue weighted by Gasteiger charge is -2.46. The molecule has 2 heteroatoms. The summed E-state index contributed by atoms with van der Waals surface area (Å²) in [5.74, 6) is -0.610. The third-order valence-corrected chi connectivity index (χ3v) is 6.01. The maximum atomic E-state index is 11.4. The highest BCUT2D eigenvalue weighted by atomic mass is 16.4. The predicted molar refractivity (Wildman–Crippen MR) is 57.5 cm³/mol. The average Bonchev–Trinajstić information content (AvgIpc) is 2.43. The Hall–Kier alpha value is -0.530. The summed E-state index contributed by atoms with van der Waals surface area (Å²) >= 11 is 0. The van der Waals surface area contributed by atoms with Gasteiger partial charge in [-0.05, 0) is 41.9 Å². The molecule has 2 spiro atoms. The molecule has 0 aliphatic heterocycles. The second-order valence-electron chi connectivity index (χ2n) is 6.45. The molecular formula is C13H20O2. The van der Waals surface area contributed by atoms with E-state index < -0.39 is 5.97 Å². The van der Waals surface area contributed by atoms with E-state index in [1.807, 2.05) is 0 Å². The number of hydrogen-bond donors (Lipinski definition) is 1. The van der Waals surface area contributed by atoms with Crippen molar-refractivity contribution in [2.75, 3.05) is 0 Å². The van der Waals surface area contributed by atoms with E-state index in [1.165, 1.54) is 32.1 Å². The summed E-state index contributed by atoms with van der Waals surface area (Å²) in [6.07, 6.45) is 7.62. The monoisotopic (exact) mass is 208 g/mol. The van der Waals surface area contributed by atoms with Gasteiger partial charge in [-0.3, -0.25) is 4.79 Å². The van der Waals surface area contributed by atoms with Crippen molar-refractivity contribution in [3.05, 3.63) is 0 Å². The minimum atomic E-state index is -0.548. The summed E-state index contributed by atoms with van der Waals surface area (Å²) in [6.45, 7) is 4.36. The molecule has 3 aliphatic rings. The van der Waals surface area contributed by atoms with E-state index in [1.54, 1.807) is 0 Å². The number of aliphatic carboxylic acids is 1. The van der Waals surface area contributed by atoms with Crippen molar-refractivity contribution in [3.8, 4) is 0 Å². The number of rotatable bonds is 1. The average molecular weight is 208 g/mol. The maximum absolute atomic E-state index is 11.4. The van der Waals surface area contributed by atoms with Crippen molar-refractivity contribution in [1.29, 1.82) is 0 Å². The molecular weight excluding hydrogens is 188 g/mol. The topological polar surface area (TPSA) is 37.3 Å². The molecule has 0 radical (unpaired) electrons. The molecule has 0 amide bonds. The smallest absolute Gasteiger partial charge is 0.307 e. The van der Waals surface area contributed by atoms with Gasteiger partial charge in [0.25, 0.3) is 0 Å². The third kappa shape index (κ3) is 0.786. The highest BCUT2D eigenvalue weighted by molar-refractivity contribution is 5.77. The lowest BCUT2D eigenvalue weighted by molar-refractivity contribution is -0.141. The quantitative estimate of drug-likeness (QED) is 0.719.